The summed E-state index contributed by atoms with van der Waals surface area (Å²) >= 11 is 2.44. The quantitative estimate of drug-likeness (QED) is 0.0574. The van der Waals surface area contributed by atoms with E-state index in [1.165, 1.54) is 53.4 Å². The minimum Gasteiger partial charge on any atom is -0.466 e. The summed E-state index contributed by atoms with van der Waals surface area (Å²) in [7, 11) is 0. The molecule has 1 aromatic heterocycles. The van der Waals surface area contributed by atoms with Gasteiger partial charge in [-0.25, -0.2) is 4.98 Å². The fourth-order valence-electron chi connectivity index (χ4n) is 3.77. The number of benzene rings is 3. The molecule has 230 valence electrons. The zero-order valence-electron chi connectivity index (χ0n) is 23.9. The Balaban J connectivity index is 1.41. The summed E-state index contributed by atoms with van der Waals surface area (Å²) in [4.78, 5) is 65.8. The molecule has 4 aromatic rings. The summed E-state index contributed by atoms with van der Waals surface area (Å²) in [6.07, 6.45) is 1.44. The largest absolute Gasteiger partial charge is 0.466 e. The van der Waals surface area contributed by atoms with Crippen LogP contribution in [-0.2, 0) is 25.5 Å². The molecule has 3 N–H and O–H groups in total. The minimum absolute atomic E-state index is 0.0220. The topological polar surface area (TPSA) is 170 Å². The summed E-state index contributed by atoms with van der Waals surface area (Å²) in [6.45, 7) is 2.00. The average Bonchev–Trinajstić information content (AvgIpc) is 3.46. The van der Waals surface area contributed by atoms with Gasteiger partial charge in [-0.2, -0.15) is 0 Å². The smallest absolute Gasteiger partial charge is 0.311 e. The molecule has 1 heterocycles. The molecule has 0 aliphatic carbocycles. The number of hydrogen-bond acceptors (Lipinski definition) is 10. The number of amides is 3. The summed E-state index contributed by atoms with van der Waals surface area (Å²) < 4.78 is 4.91. The summed E-state index contributed by atoms with van der Waals surface area (Å²) in [5.41, 5.74) is 1.53. The third-order valence-corrected chi connectivity index (χ3v) is 7.63. The summed E-state index contributed by atoms with van der Waals surface area (Å²) in [5, 5.41) is 21.1. The molecule has 0 saturated heterocycles. The zero-order chi connectivity index (χ0) is 32.2. The van der Waals surface area contributed by atoms with Crippen molar-refractivity contribution in [2.45, 2.75) is 18.2 Å². The number of non-ortho nitro benzene ring substituents is 1. The van der Waals surface area contributed by atoms with Crippen LogP contribution in [0, 0.1) is 10.1 Å². The normalized spacial score (nSPS) is 10.9. The number of nitro groups is 1. The Bertz CT molecular complexity index is 1720. The third kappa shape index (κ3) is 10.1. The molecule has 45 heavy (non-hydrogen) atoms. The molecular weight excluding hydrogens is 619 g/mol. The van der Waals surface area contributed by atoms with Gasteiger partial charge in [0.25, 0.3) is 17.5 Å². The molecule has 3 amide bonds. The monoisotopic (exact) mass is 645 g/mol. The Morgan fingerprint density at radius 3 is 2.47 bits per heavy atom. The van der Waals surface area contributed by atoms with E-state index in [-0.39, 0.29) is 36.1 Å². The van der Waals surface area contributed by atoms with Crippen molar-refractivity contribution in [3.63, 3.8) is 0 Å². The highest BCUT2D eigenvalue weighted by Crippen LogP contribution is 2.23. The predicted octanol–water partition coefficient (Wildman–Crippen LogP) is 5.30. The van der Waals surface area contributed by atoms with Gasteiger partial charge in [-0.1, -0.05) is 24.3 Å². The van der Waals surface area contributed by atoms with E-state index in [1.807, 2.05) is 0 Å². The van der Waals surface area contributed by atoms with E-state index in [0.29, 0.717) is 32.5 Å². The molecule has 12 nitrogen and oxygen atoms in total. The average molecular weight is 646 g/mol. The van der Waals surface area contributed by atoms with Crippen LogP contribution >= 0.6 is 23.1 Å². The highest BCUT2D eigenvalue weighted by Gasteiger charge is 2.16. The molecule has 0 aliphatic rings. The first kappa shape index (κ1) is 32.6. The molecule has 0 fully saturated rings. The predicted molar refractivity (Wildman–Crippen MR) is 172 cm³/mol. The number of aromatic nitrogens is 1. The minimum atomic E-state index is -0.625. The van der Waals surface area contributed by atoms with Crippen molar-refractivity contribution >= 4 is 69.4 Å². The fraction of sp³-hybridized carbons (Fsp3) is 0.129. The van der Waals surface area contributed by atoms with Crippen molar-refractivity contribution in [2.24, 2.45) is 0 Å². The van der Waals surface area contributed by atoms with Gasteiger partial charge in [-0.05, 0) is 61.0 Å². The Kier molecular flexibility index (Phi) is 11.5. The number of nitro benzene ring substituents is 1. The highest BCUT2D eigenvalue weighted by molar-refractivity contribution is 8.00. The third-order valence-electron chi connectivity index (χ3n) is 5.83. The van der Waals surface area contributed by atoms with Crippen LogP contribution in [0.1, 0.15) is 28.5 Å². The van der Waals surface area contributed by atoms with Crippen LogP contribution < -0.4 is 16.0 Å². The fourth-order valence-corrected chi connectivity index (χ4v) is 5.25. The van der Waals surface area contributed by atoms with Gasteiger partial charge in [-0.15, -0.1) is 23.1 Å². The van der Waals surface area contributed by atoms with Gasteiger partial charge < -0.3 is 20.7 Å². The van der Waals surface area contributed by atoms with E-state index in [4.69, 9.17) is 4.74 Å². The van der Waals surface area contributed by atoms with Gasteiger partial charge in [-0.3, -0.25) is 29.3 Å². The van der Waals surface area contributed by atoms with E-state index < -0.39 is 22.7 Å². The van der Waals surface area contributed by atoms with E-state index in [2.05, 4.69) is 20.9 Å². The number of thiazole rings is 1. The second-order valence-electron chi connectivity index (χ2n) is 9.17. The summed E-state index contributed by atoms with van der Waals surface area (Å²) in [5.74, 6) is -1.77. The first-order valence-electron chi connectivity index (χ1n) is 13.5. The van der Waals surface area contributed by atoms with Crippen LogP contribution in [0.4, 0.5) is 16.5 Å². The standard InChI is InChI=1S/C31H27N5O7S2/c1-2-43-28(38)17-23-18-45-31(33-23)35-27(37)19-44-25-10-6-9-22(16-25)32-30(40)26(34-29(39)21-7-4-3-5-8-21)15-20-11-13-24(14-12-20)36(41)42/h3-16,18H,2,17,19H2,1H3,(H,32,40)(H,34,39)(H,33,35,37)/b26-15+. The molecule has 0 bridgehead atoms. The molecule has 0 atom stereocenters. The number of carbonyl (C=O) groups is 4. The van der Waals surface area contributed by atoms with E-state index in [9.17, 15) is 29.3 Å². The Morgan fingerprint density at radius 1 is 1.00 bits per heavy atom. The van der Waals surface area contributed by atoms with E-state index >= 15 is 0 Å². The molecule has 14 heteroatoms. The van der Waals surface area contributed by atoms with Crippen molar-refractivity contribution in [3.05, 3.63) is 117 Å². The lowest BCUT2D eigenvalue weighted by molar-refractivity contribution is -0.384. The molecule has 3 aromatic carbocycles. The second-order valence-corrected chi connectivity index (χ2v) is 11.1. The lowest BCUT2D eigenvalue weighted by Crippen LogP contribution is -2.30. The molecule has 0 radical (unpaired) electrons. The number of thioether (sulfide) groups is 1. The van der Waals surface area contributed by atoms with E-state index in [1.54, 1.807) is 66.9 Å². The van der Waals surface area contributed by atoms with Crippen LogP contribution in [0.15, 0.2) is 94.8 Å². The zero-order valence-corrected chi connectivity index (χ0v) is 25.5. The van der Waals surface area contributed by atoms with Crippen LogP contribution in [0.3, 0.4) is 0 Å². The van der Waals surface area contributed by atoms with E-state index in [0.717, 1.165) is 0 Å². The van der Waals surface area contributed by atoms with Gasteiger partial charge >= 0.3 is 5.97 Å². The van der Waals surface area contributed by atoms with Gasteiger partial charge in [0.05, 0.1) is 29.4 Å². The number of ether oxygens (including phenoxy) is 1. The molecule has 0 saturated carbocycles. The maximum Gasteiger partial charge on any atom is 0.311 e. The number of hydrogen-bond donors (Lipinski definition) is 3. The molecule has 0 aliphatic heterocycles. The first-order valence-corrected chi connectivity index (χ1v) is 15.3. The SMILES string of the molecule is CCOC(=O)Cc1csc(NC(=O)CSc2cccc(NC(=O)/C(=C\c3ccc([N+](=O)[O-])cc3)NC(=O)c3ccccc3)c2)n1. The number of nitrogens with one attached hydrogen (secondary N) is 3. The van der Waals surface area contributed by atoms with Crippen molar-refractivity contribution in [3.8, 4) is 0 Å². The number of nitrogens with zero attached hydrogens (tertiary/aromatic N) is 2. The van der Waals surface area contributed by atoms with Crippen molar-refractivity contribution in [2.75, 3.05) is 23.0 Å². The van der Waals surface area contributed by atoms with Crippen LogP contribution in [0.25, 0.3) is 6.08 Å². The number of esters is 1. The van der Waals surface area contributed by atoms with Crippen molar-refractivity contribution in [1.82, 2.24) is 10.3 Å². The van der Waals surface area contributed by atoms with Gasteiger partial charge in [0.1, 0.15) is 5.70 Å². The highest BCUT2D eigenvalue weighted by atomic mass is 32.2. The second kappa shape index (κ2) is 15.9. The Morgan fingerprint density at radius 2 is 1.76 bits per heavy atom. The maximum absolute atomic E-state index is 13.3. The Labute approximate surface area is 266 Å². The van der Waals surface area contributed by atoms with Crippen LogP contribution in [0.5, 0.6) is 0 Å². The van der Waals surface area contributed by atoms with Crippen LogP contribution in [-0.4, -0.2) is 46.0 Å². The lowest BCUT2D eigenvalue weighted by atomic mass is 10.1. The Hall–Kier alpha value is -5.34. The molecule has 4 rings (SSSR count). The molecule has 0 unspecified atom stereocenters. The molecule has 0 spiro atoms. The van der Waals surface area contributed by atoms with Gasteiger partial charge in [0.2, 0.25) is 5.91 Å². The lowest BCUT2D eigenvalue weighted by Gasteiger charge is -2.12. The first-order chi connectivity index (χ1) is 21.7. The number of rotatable bonds is 13. The number of anilines is 2. The maximum atomic E-state index is 13.3. The van der Waals surface area contributed by atoms with Crippen molar-refractivity contribution in [1.29, 1.82) is 0 Å². The van der Waals surface area contributed by atoms with Crippen molar-refractivity contribution < 1.29 is 28.8 Å². The van der Waals surface area contributed by atoms with Gasteiger partial charge in [0, 0.05) is 33.7 Å². The number of carbonyl (C=O) groups excluding carboxylic acids is 4. The van der Waals surface area contributed by atoms with Gasteiger partial charge in [0.15, 0.2) is 5.13 Å². The van der Waals surface area contributed by atoms with Crippen LogP contribution in [0.2, 0.25) is 0 Å². The summed E-state index contributed by atoms with van der Waals surface area (Å²) in [6, 6.07) is 20.7. The molecular formula is C31H27N5O7S2.